The Labute approximate surface area is 161 Å². The van der Waals surface area contributed by atoms with E-state index in [2.05, 4.69) is 10.3 Å². The van der Waals surface area contributed by atoms with E-state index in [1.165, 1.54) is 19.1 Å². The van der Waals surface area contributed by atoms with Crippen molar-refractivity contribution in [2.24, 2.45) is 5.92 Å². The molecule has 1 saturated carbocycles. The number of carbonyl (C=O) groups excluding carboxylic acids is 1. The maximum absolute atomic E-state index is 13.0. The average molecular weight is 387 g/mol. The number of aryl methyl sites for hydroxylation is 1. The first-order valence-corrected chi connectivity index (χ1v) is 11.3. The van der Waals surface area contributed by atoms with Crippen molar-refractivity contribution >= 4 is 21.6 Å². The van der Waals surface area contributed by atoms with Crippen molar-refractivity contribution in [1.29, 1.82) is 0 Å². The third-order valence-corrected chi connectivity index (χ3v) is 6.36. The Balaban J connectivity index is 1.83. The van der Waals surface area contributed by atoms with Gasteiger partial charge in [0.25, 0.3) is 0 Å². The van der Waals surface area contributed by atoms with Crippen LogP contribution < -0.4 is 5.32 Å². The van der Waals surface area contributed by atoms with Crippen molar-refractivity contribution in [3.05, 3.63) is 53.7 Å². The van der Waals surface area contributed by atoms with E-state index in [1.807, 2.05) is 13.0 Å². The number of pyridine rings is 1. The van der Waals surface area contributed by atoms with Crippen LogP contribution in [0.2, 0.25) is 0 Å². The van der Waals surface area contributed by atoms with Gasteiger partial charge in [-0.05, 0) is 48.6 Å². The third kappa shape index (κ3) is 5.16. The van der Waals surface area contributed by atoms with Crippen LogP contribution in [-0.4, -0.2) is 25.6 Å². The van der Waals surface area contributed by atoms with Gasteiger partial charge in [0.15, 0.2) is 9.84 Å². The Bertz CT molecular complexity index is 884. The van der Waals surface area contributed by atoms with Crippen LogP contribution in [0.3, 0.4) is 0 Å². The molecular formula is C21H26N2O3S. The molecule has 1 N–H and O–H groups in total. The van der Waals surface area contributed by atoms with Gasteiger partial charge in [0.2, 0.25) is 5.91 Å². The van der Waals surface area contributed by atoms with Gasteiger partial charge < -0.3 is 5.32 Å². The number of hydrogen-bond acceptors (Lipinski definition) is 4. The number of nitrogens with one attached hydrogen (secondary N) is 1. The van der Waals surface area contributed by atoms with E-state index in [-0.39, 0.29) is 16.7 Å². The van der Waals surface area contributed by atoms with E-state index < -0.39 is 9.84 Å². The number of rotatable bonds is 6. The minimum Gasteiger partial charge on any atom is -0.310 e. The lowest BCUT2D eigenvalue weighted by Crippen LogP contribution is -2.23. The molecule has 1 atom stereocenters. The van der Waals surface area contributed by atoms with Crippen LogP contribution in [0.4, 0.5) is 5.82 Å². The van der Waals surface area contributed by atoms with Crippen molar-refractivity contribution in [3.8, 4) is 0 Å². The van der Waals surface area contributed by atoms with Crippen LogP contribution in [0.25, 0.3) is 0 Å². The molecule has 1 aliphatic rings. The molecule has 3 rings (SSSR count). The van der Waals surface area contributed by atoms with E-state index >= 15 is 0 Å². The van der Waals surface area contributed by atoms with Gasteiger partial charge in [0, 0.05) is 12.5 Å². The summed E-state index contributed by atoms with van der Waals surface area (Å²) in [4.78, 5) is 17.5. The highest BCUT2D eigenvalue weighted by atomic mass is 32.2. The summed E-state index contributed by atoms with van der Waals surface area (Å²) in [7, 11) is -3.25. The Morgan fingerprint density at radius 3 is 2.37 bits per heavy atom. The Kier molecular flexibility index (Phi) is 5.95. The minimum absolute atomic E-state index is 0.0923. The molecular weight excluding hydrogens is 360 g/mol. The van der Waals surface area contributed by atoms with Crippen molar-refractivity contribution in [1.82, 2.24) is 4.98 Å². The van der Waals surface area contributed by atoms with E-state index in [0.717, 1.165) is 30.4 Å². The highest BCUT2D eigenvalue weighted by molar-refractivity contribution is 7.90. The fourth-order valence-electron chi connectivity index (χ4n) is 3.68. The van der Waals surface area contributed by atoms with E-state index in [0.29, 0.717) is 11.7 Å². The zero-order valence-electron chi connectivity index (χ0n) is 15.8. The second-order valence-corrected chi connectivity index (χ2v) is 9.51. The molecule has 1 fully saturated rings. The summed E-state index contributed by atoms with van der Waals surface area (Å²) < 4.78 is 23.4. The number of hydrogen-bond donors (Lipinski definition) is 1. The number of aromatic nitrogens is 1. The van der Waals surface area contributed by atoms with Gasteiger partial charge in [-0.15, -0.1) is 0 Å². The van der Waals surface area contributed by atoms with E-state index in [9.17, 15) is 13.2 Å². The molecule has 2 aromatic rings. The van der Waals surface area contributed by atoms with Gasteiger partial charge >= 0.3 is 0 Å². The van der Waals surface area contributed by atoms with Gasteiger partial charge in [0.05, 0.1) is 10.8 Å². The first-order valence-electron chi connectivity index (χ1n) is 9.36. The Morgan fingerprint density at radius 2 is 1.81 bits per heavy atom. The first kappa shape index (κ1) is 19.5. The molecule has 27 heavy (non-hydrogen) atoms. The molecule has 1 heterocycles. The van der Waals surface area contributed by atoms with Gasteiger partial charge in [-0.3, -0.25) is 4.79 Å². The summed E-state index contributed by atoms with van der Waals surface area (Å²) in [5.41, 5.74) is 1.88. The third-order valence-electron chi connectivity index (χ3n) is 5.23. The molecule has 144 valence electrons. The second kappa shape index (κ2) is 8.21. The summed E-state index contributed by atoms with van der Waals surface area (Å²) >= 11 is 0. The average Bonchev–Trinajstić information content (AvgIpc) is 3.14. The monoisotopic (exact) mass is 386 g/mol. The number of anilines is 1. The SMILES string of the molecule is Cc1ccc(NC(=O)C(CC2CCCC2)c2ccc(S(C)(=O)=O)cc2)nc1. The lowest BCUT2D eigenvalue weighted by molar-refractivity contribution is -0.118. The fourth-order valence-corrected chi connectivity index (χ4v) is 4.31. The van der Waals surface area contributed by atoms with Crippen molar-refractivity contribution < 1.29 is 13.2 Å². The van der Waals surface area contributed by atoms with Crippen molar-refractivity contribution in [2.45, 2.75) is 49.8 Å². The van der Waals surface area contributed by atoms with Crippen LogP contribution in [0.5, 0.6) is 0 Å². The highest BCUT2D eigenvalue weighted by Gasteiger charge is 2.27. The zero-order valence-corrected chi connectivity index (χ0v) is 16.6. The molecule has 0 aliphatic heterocycles. The summed E-state index contributed by atoms with van der Waals surface area (Å²) in [5, 5.41) is 2.92. The highest BCUT2D eigenvalue weighted by Crippen LogP contribution is 2.35. The van der Waals surface area contributed by atoms with Crippen LogP contribution >= 0.6 is 0 Å². The predicted octanol–water partition coefficient (Wildman–Crippen LogP) is 4.10. The molecule has 6 heteroatoms. The number of amides is 1. The van der Waals surface area contributed by atoms with Crippen LogP contribution in [0, 0.1) is 12.8 Å². The topological polar surface area (TPSA) is 76.1 Å². The van der Waals surface area contributed by atoms with E-state index in [1.54, 1.807) is 36.5 Å². The van der Waals surface area contributed by atoms with Crippen LogP contribution in [0.1, 0.15) is 49.1 Å². The Morgan fingerprint density at radius 1 is 1.15 bits per heavy atom. The number of sulfone groups is 1. The molecule has 1 unspecified atom stereocenters. The predicted molar refractivity (Wildman–Crippen MR) is 106 cm³/mol. The van der Waals surface area contributed by atoms with Crippen molar-refractivity contribution in [2.75, 3.05) is 11.6 Å². The van der Waals surface area contributed by atoms with Gasteiger partial charge in [-0.2, -0.15) is 0 Å². The summed E-state index contributed by atoms with van der Waals surface area (Å²) in [6.45, 7) is 1.95. The maximum Gasteiger partial charge on any atom is 0.233 e. The fraction of sp³-hybridized carbons (Fsp3) is 0.429. The molecule has 0 bridgehead atoms. The van der Waals surface area contributed by atoms with Crippen molar-refractivity contribution in [3.63, 3.8) is 0 Å². The summed E-state index contributed by atoms with van der Waals surface area (Å²) in [6, 6.07) is 10.4. The number of nitrogens with zero attached hydrogens (tertiary/aromatic N) is 1. The lowest BCUT2D eigenvalue weighted by Gasteiger charge is -2.21. The molecule has 1 aromatic carbocycles. The summed E-state index contributed by atoms with van der Waals surface area (Å²) in [5.74, 6) is 0.659. The molecule has 1 amide bonds. The molecule has 5 nitrogen and oxygen atoms in total. The maximum atomic E-state index is 13.0. The quantitative estimate of drug-likeness (QED) is 0.811. The van der Waals surface area contributed by atoms with Crippen LogP contribution in [-0.2, 0) is 14.6 Å². The normalized spacial score (nSPS) is 16.2. The minimum atomic E-state index is -3.25. The Hall–Kier alpha value is -2.21. The summed E-state index contributed by atoms with van der Waals surface area (Å²) in [6.07, 6.45) is 8.41. The first-order chi connectivity index (χ1) is 12.8. The number of carbonyl (C=O) groups is 1. The zero-order chi connectivity index (χ0) is 19.4. The lowest BCUT2D eigenvalue weighted by atomic mass is 9.87. The van der Waals surface area contributed by atoms with Gasteiger partial charge in [-0.1, -0.05) is 43.9 Å². The van der Waals surface area contributed by atoms with Gasteiger partial charge in [-0.25, -0.2) is 13.4 Å². The molecule has 1 aromatic heterocycles. The standard InChI is InChI=1S/C21H26N2O3S/c1-15-7-12-20(22-14-15)23-21(24)19(13-16-5-3-4-6-16)17-8-10-18(11-9-17)27(2,25)26/h7-12,14,16,19H,3-6,13H2,1-2H3,(H,22,23,24). The van der Waals surface area contributed by atoms with Crippen LogP contribution in [0.15, 0.2) is 47.5 Å². The molecule has 1 aliphatic carbocycles. The molecule has 0 spiro atoms. The van der Waals surface area contributed by atoms with Gasteiger partial charge in [0.1, 0.15) is 5.82 Å². The smallest absolute Gasteiger partial charge is 0.233 e. The largest absolute Gasteiger partial charge is 0.310 e. The van der Waals surface area contributed by atoms with E-state index in [4.69, 9.17) is 0 Å². The number of benzene rings is 1. The second-order valence-electron chi connectivity index (χ2n) is 7.49. The molecule has 0 radical (unpaired) electrons. The molecule has 0 saturated heterocycles.